The van der Waals surface area contributed by atoms with E-state index in [0.717, 1.165) is 0 Å². The van der Waals surface area contributed by atoms with E-state index in [1.165, 1.54) is 4.90 Å². The van der Waals surface area contributed by atoms with Crippen molar-refractivity contribution in [2.24, 2.45) is 10.8 Å². The number of amides is 2. The van der Waals surface area contributed by atoms with Crippen molar-refractivity contribution in [3.05, 3.63) is 0 Å². The molecule has 6 heteroatoms. The lowest BCUT2D eigenvalue weighted by molar-refractivity contribution is -0.147. The van der Waals surface area contributed by atoms with Crippen LogP contribution in [-0.2, 0) is 14.4 Å². The lowest BCUT2D eigenvalue weighted by Gasteiger charge is -2.24. The predicted molar refractivity (Wildman–Crippen MR) is 78.6 cm³/mol. The smallest absolute Gasteiger partial charge is 0.311 e. The molecule has 2 atom stereocenters. The summed E-state index contributed by atoms with van der Waals surface area (Å²) >= 11 is 0. The number of hydrogen-bond donors (Lipinski definition) is 2. The Morgan fingerprint density at radius 1 is 1.33 bits per heavy atom. The summed E-state index contributed by atoms with van der Waals surface area (Å²) in [7, 11) is 0. The summed E-state index contributed by atoms with van der Waals surface area (Å²) in [5.41, 5.74) is -1.02. The van der Waals surface area contributed by atoms with E-state index in [4.69, 9.17) is 0 Å². The molecular weight excluding hydrogens is 272 g/mol. The van der Waals surface area contributed by atoms with Crippen LogP contribution in [0.1, 0.15) is 47.5 Å². The third kappa shape index (κ3) is 4.72. The summed E-state index contributed by atoms with van der Waals surface area (Å²) < 4.78 is 0. The zero-order chi connectivity index (χ0) is 16.4. The number of likely N-dealkylation sites (tertiary alicyclic amines) is 1. The maximum Gasteiger partial charge on any atom is 0.311 e. The van der Waals surface area contributed by atoms with Crippen molar-refractivity contribution in [2.75, 3.05) is 13.1 Å². The molecule has 0 radical (unpaired) electrons. The lowest BCUT2D eigenvalue weighted by atomic mass is 9.90. The SMILES string of the molecule is CC(NC(=O)CC(C)(C)C)C(=O)N1CCC(C)(C(=O)O)C1. The van der Waals surface area contributed by atoms with Gasteiger partial charge in [0.25, 0.3) is 0 Å². The van der Waals surface area contributed by atoms with E-state index in [1.54, 1.807) is 13.8 Å². The highest BCUT2D eigenvalue weighted by Gasteiger charge is 2.43. The van der Waals surface area contributed by atoms with E-state index in [9.17, 15) is 19.5 Å². The van der Waals surface area contributed by atoms with Gasteiger partial charge in [-0.25, -0.2) is 0 Å². The van der Waals surface area contributed by atoms with Gasteiger partial charge >= 0.3 is 5.97 Å². The van der Waals surface area contributed by atoms with Gasteiger partial charge in [0.05, 0.1) is 5.41 Å². The van der Waals surface area contributed by atoms with E-state index in [2.05, 4.69) is 5.32 Å². The predicted octanol–water partition coefficient (Wildman–Crippen LogP) is 1.25. The molecule has 2 unspecified atom stereocenters. The van der Waals surface area contributed by atoms with Crippen LogP contribution in [0.2, 0.25) is 0 Å². The van der Waals surface area contributed by atoms with Crippen molar-refractivity contribution >= 4 is 17.8 Å². The first-order valence-corrected chi connectivity index (χ1v) is 7.26. The van der Waals surface area contributed by atoms with Gasteiger partial charge in [-0.05, 0) is 25.7 Å². The number of carboxylic acid groups (broad SMARTS) is 1. The molecule has 0 aromatic rings. The van der Waals surface area contributed by atoms with E-state index in [1.807, 2.05) is 20.8 Å². The van der Waals surface area contributed by atoms with Crippen LogP contribution in [0.4, 0.5) is 0 Å². The third-order valence-corrected chi connectivity index (χ3v) is 3.74. The van der Waals surface area contributed by atoms with E-state index >= 15 is 0 Å². The number of nitrogens with one attached hydrogen (secondary N) is 1. The zero-order valence-electron chi connectivity index (χ0n) is 13.5. The number of carboxylic acids is 1. The summed E-state index contributed by atoms with van der Waals surface area (Å²) in [5.74, 6) is -1.27. The molecule has 120 valence electrons. The second-order valence-corrected chi connectivity index (χ2v) is 7.40. The van der Waals surface area contributed by atoms with Crippen LogP contribution in [0.15, 0.2) is 0 Å². The summed E-state index contributed by atoms with van der Waals surface area (Å²) in [5, 5.41) is 11.9. The van der Waals surface area contributed by atoms with Crippen LogP contribution in [0.3, 0.4) is 0 Å². The monoisotopic (exact) mass is 298 g/mol. The van der Waals surface area contributed by atoms with Crippen LogP contribution in [-0.4, -0.2) is 46.9 Å². The molecule has 0 bridgehead atoms. The van der Waals surface area contributed by atoms with Gasteiger partial charge in [-0.3, -0.25) is 14.4 Å². The maximum atomic E-state index is 12.3. The summed E-state index contributed by atoms with van der Waals surface area (Å²) in [4.78, 5) is 36.8. The number of carbonyl (C=O) groups is 3. The number of nitrogens with zero attached hydrogens (tertiary/aromatic N) is 1. The Hall–Kier alpha value is -1.59. The Bertz CT molecular complexity index is 441. The number of hydrogen-bond acceptors (Lipinski definition) is 3. The molecule has 6 nitrogen and oxygen atoms in total. The molecule has 1 aliphatic rings. The summed E-state index contributed by atoms with van der Waals surface area (Å²) in [6.45, 7) is 9.76. The minimum Gasteiger partial charge on any atom is -0.481 e. The quantitative estimate of drug-likeness (QED) is 0.818. The minimum atomic E-state index is -0.887. The molecule has 0 aromatic carbocycles. The number of rotatable bonds is 4. The van der Waals surface area contributed by atoms with Gasteiger partial charge in [0.15, 0.2) is 0 Å². The molecule has 0 saturated carbocycles. The van der Waals surface area contributed by atoms with Crippen LogP contribution >= 0.6 is 0 Å². The number of aliphatic carboxylic acids is 1. The topological polar surface area (TPSA) is 86.7 Å². The van der Waals surface area contributed by atoms with Crippen LogP contribution in [0.5, 0.6) is 0 Å². The summed E-state index contributed by atoms with van der Waals surface area (Å²) in [6, 6.07) is -0.629. The van der Waals surface area contributed by atoms with Crippen molar-refractivity contribution in [1.82, 2.24) is 10.2 Å². The van der Waals surface area contributed by atoms with E-state index in [0.29, 0.717) is 19.4 Å². The van der Waals surface area contributed by atoms with E-state index < -0.39 is 17.4 Å². The normalized spacial score (nSPS) is 23.8. The van der Waals surface area contributed by atoms with Crippen molar-refractivity contribution in [2.45, 2.75) is 53.5 Å². The highest BCUT2D eigenvalue weighted by atomic mass is 16.4. The Kier molecular flexibility index (Phi) is 5.02. The Labute approximate surface area is 125 Å². The van der Waals surface area contributed by atoms with Crippen molar-refractivity contribution in [3.63, 3.8) is 0 Å². The fourth-order valence-corrected chi connectivity index (χ4v) is 2.43. The standard InChI is InChI=1S/C15H26N2O4/c1-10(16-11(18)8-14(2,3)4)12(19)17-7-6-15(5,9-17)13(20)21/h10H,6-9H2,1-5H3,(H,16,18)(H,20,21). The number of carbonyl (C=O) groups excluding carboxylic acids is 2. The van der Waals surface area contributed by atoms with E-state index in [-0.39, 0.29) is 23.8 Å². The van der Waals surface area contributed by atoms with Gasteiger partial charge in [-0.1, -0.05) is 20.8 Å². The molecule has 0 aromatic heterocycles. The molecule has 1 heterocycles. The lowest BCUT2D eigenvalue weighted by Crippen LogP contribution is -2.47. The average molecular weight is 298 g/mol. The average Bonchev–Trinajstić information content (AvgIpc) is 2.69. The second kappa shape index (κ2) is 6.03. The molecule has 1 fully saturated rings. The minimum absolute atomic E-state index is 0.137. The fraction of sp³-hybridized carbons (Fsp3) is 0.800. The van der Waals surface area contributed by atoms with Gasteiger partial charge < -0.3 is 15.3 Å². The third-order valence-electron chi connectivity index (χ3n) is 3.74. The molecule has 1 rings (SSSR count). The highest BCUT2D eigenvalue weighted by Crippen LogP contribution is 2.30. The first kappa shape index (κ1) is 17.5. The molecule has 0 aliphatic carbocycles. The van der Waals surface area contributed by atoms with Gasteiger partial charge in [-0.15, -0.1) is 0 Å². The molecular formula is C15H26N2O4. The van der Waals surface area contributed by atoms with Crippen molar-refractivity contribution in [3.8, 4) is 0 Å². The van der Waals surface area contributed by atoms with Crippen molar-refractivity contribution in [1.29, 1.82) is 0 Å². The molecule has 2 amide bonds. The van der Waals surface area contributed by atoms with Crippen LogP contribution < -0.4 is 5.32 Å². The van der Waals surface area contributed by atoms with Gasteiger partial charge in [0, 0.05) is 19.5 Å². The Morgan fingerprint density at radius 3 is 2.33 bits per heavy atom. The molecule has 0 spiro atoms. The van der Waals surface area contributed by atoms with Gasteiger partial charge in [0.2, 0.25) is 11.8 Å². The van der Waals surface area contributed by atoms with Gasteiger partial charge in [0.1, 0.15) is 6.04 Å². The van der Waals surface area contributed by atoms with Crippen LogP contribution in [0, 0.1) is 10.8 Å². The first-order valence-electron chi connectivity index (χ1n) is 7.26. The molecule has 1 saturated heterocycles. The summed E-state index contributed by atoms with van der Waals surface area (Å²) in [6.07, 6.45) is 0.786. The Balaban J connectivity index is 2.57. The maximum absolute atomic E-state index is 12.3. The van der Waals surface area contributed by atoms with Crippen molar-refractivity contribution < 1.29 is 19.5 Å². The molecule has 21 heavy (non-hydrogen) atoms. The largest absolute Gasteiger partial charge is 0.481 e. The van der Waals surface area contributed by atoms with Crippen LogP contribution in [0.25, 0.3) is 0 Å². The Morgan fingerprint density at radius 2 is 1.90 bits per heavy atom. The van der Waals surface area contributed by atoms with Gasteiger partial charge in [-0.2, -0.15) is 0 Å². The highest BCUT2D eigenvalue weighted by molar-refractivity contribution is 5.88. The fourth-order valence-electron chi connectivity index (χ4n) is 2.43. The second-order valence-electron chi connectivity index (χ2n) is 7.40. The zero-order valence-corrected chi connectivity index (χ0v) is 13.5. The molecule has 2 N–H and O–H groups in total. The first-order chi connectivity index (χ1) is 9.44. The molecule has 1 aliphatic heterocycles.